The fourth-order valence-corrected chi connectivity index (χ4v) is 0.864. The smallest absolute Gasteiger partial charge is 0.262 e. The van der Waals surface area contributed by atoms with Crippen LogP contribution in [-0.4, -0.2) is 4.70 Å². The highest BCUT2D eigenvalue weighted by molar-refractivity contribution is 6.93. The highest BCUT2D eigenvalue weighted by atomic mass is 35.5. The van der Waals surface area contributed by atoms with Gasteiger partial charge in [-0.15, -0.1) is 11.6 Å². The van der Waals surface area contributed by atoms with Crippen molar-refractivity contribution >= 4 is 39.5 Å². The zero-order valence-electron chi connectivity index (χ0n) is 7.01. The minimum atomic E-state index is -0.889. The van der Waals surface area contributed by atoms with Gasteiger partial charge in [0.1, 0.15) is 0 Å². The van der Waals surface area contributed by atoms with E-state index in [4.69, 9.17) is 16.4 Å². The number of hydrogen-bond acceptors (Lipinski definition) is 1. The monoisotopic (exact) mass is 238 g/mol. The second-order valence-electron chi connectivity index (χ2n) is 2.25. The molecule has 72 valence electrons. The predicted octanol–water partition coefficient (Wildman–Crippen LogP) is 4.57. The van der Waals surface area contributed by atoms with Gasteiger partial charge in [0, 0.05) is 0 Å². The lowest BCUT2D eigenvalue weighted by Crippen LogP contribution is -1.80. The number of benzene rings is 1. The maximum absolute atomic E-state index is 8.98. The lowest BCUT2D eigenvalue weighted by molar-refractivity contribution is 0.275. The van der Waals surface area contributed by atoms with Crippen LogP contribution in [0.5, 0.6) is 0 Å². The van der Waals surface area contributed by atoms with Crippen molar-refractivity contribution in [1.82, 2.24) is 0 Å². The molecular weight excluding hydrogens is 230 g/mol. The van der Waals surface area contributed by atoms with Crippen molar-refractivity contribution in [3.05, 3.63) is 35.9 Å². The van der Waals surface area contributed by atoms with Crippen LogP contribution in [-0.2, 0) is 0 Å². The number of hydrogen-bond donors (Lipinski definition) is 0. The Morgan fingerprint density at radius 1 is 1.23 bits per heavy atom. The van der Waals surface area contributed by atoms with E-state index in [1.165, 1.54) is 5.56 Å². The summed E-state index contributed by atoms with van der Waals surface area (Å²) in [5.74, 6) is 0. The summed E-state index contributed by atoms with van der Waals surface area (Å²) < 4.78 is -0.889. The van der Waals surface area contributed by atoms with Crippen LogP contribution in [0.4, 0.5) is 4.79 Å². The highest BCUT2D eigenvalue weighted by Crippen LogP contribution is 2.17. The molecule has 0 saturated heterocycles. The molecule has 1 aromatic carbocycles. The van der Waals surface area contributed by atoms with E-state index in [1.54, 1.807) is 0 Å². The van der Waals surface area contributed by atoms with Gasteiger partial charge < -0.3 is 0 Å². The normalized spacial score (nSPS) is 11.1. The topological polar surface area (TPSA) is 17.1 Å². The molecule has 1 rings (SSSR count). The molecule has 1 aromatic rings. The van der Waals surface area contributed by atoms with Crippen molar-refractivity contribution in [2.45, 2.75) is 12.3 Å². The predicted molar refractivity (Wildman–Crippen MR) is 57.8 cm³/mol. The van der Waals surface area contributed by atoms with Gasteiger partial charge in [0.05, 0.1) is 5.38 Å². The second-order valence-corrected chi connectivity index (χ2v) is 3.79. The van der Waals surface area contributed by atoms with E-state index < -0.39 is 4.70 Å². The van der Waals surface area contributed by atoms with Gasteiger partial charge in [0.15, 0.2) is 0 Å². The Kier molecular flexibility index (Phi) is 7.06. The molecule has 0 heterocycles. The maximum atomic E-state index is 8.98. The summed E-state index contributed by atoms with van der Waals surface area (Å²) in [7, 11) is 0. The van der Waals surface area contributed by atoms with Crippen LogP contribution in [0.3, 0.4) is 0 Å². The average molecular weight is 240 g/mol. The molecule has 0 spiro atoms. The van der Waals surface area contributed by atoms with Crippen molar-refractivity contribution in [2.75, 3.05) is 0 Å². The van der Waals surface area contributed by atoms with E-state index in [0.717, 1.165) is 0 Å². The van der Waals surface area contributed by atoms with Crippen LogP contribution in [0, 0.1) is 0 Å². The molecule has 0 radical (unpaired) electrons. The summed E-state index contributed by atoms with van der Waals surface area (Å²) in [4.78, 5) is 8.98. The number of carbonyl (C=O) groups excluding carboxylic acids is 1. The minimum Gasteiger partial charge on any atom is -0.262 e. The van der Waals surface area contributed by atoms with E-state index in [-0.39, 0.29) is 5.38 Å². The Morgan fingerprint density at radius 3 is 1.85 bits per heavy atom. The summed E-state index contributed by atoms with van der Waals surface area (Å²) in [6.07, 6.45) is 0. The Balaban J connectivity index is 0.000000310. The molecule has 1 unspecified atom stereocenters. The molecule has 0 amide bonds. The Bertz CT molecular complexity index is 242. The van der Waals surface area contributed by atoms with E-state index >= 15 is 0 Å². The molecule has 0 aromatic heterocycles. The third kappa shape index (κ3) is 8.10. The van der Waals surface area contributed by atoms with Gasteiger partial charge in [0.25, 0.3) is 0 Å². The van der Waals surface area contributed by atoms with Crippen LogP contribution in [0.25, 0.3) is 0 Å². The SMILES string of the molecule is CC(Cl)c1ccccc1.O=C(Cl)Cl. The highest BCUT2D eigenvalue weighted by Gasteiger charge is 1.95. The summed E-state index contributed by atoms with van der Waals surface area (Å²) in [5, 5.41) is 0.131. The molecule has 0 aliphatic carbocycles. The van der Waals surface area contributed by atoms with Gasteiger partial charge in [-0.05, 0) is 35.7 Å². The molecule has 1 atom stereocenters. The molecule has 0 fully saturated rings. The molecule has 13 heavy (non-hydrogen) atoms. The van der Waals surface area contributed by atoms with Crippen LogP contribution < -0.4 is 0 Å². The lowest BCUT2D eigenvalue weighted by Gasteiger charge is -1.99. The van der Waals surface area contributed by atoms with Gasteiger partial charge >= 0.3 is 4.70 Å². The first-order valence-electron chi connectivity index (χ1n) is 3.58. The minimum absolute atomic E-state index is 0.131. The largest absolute Gasteiger partial charge is 0.313 e. The Labute approximate surface area is 92.6 Å². The van der Waals surface area contributed by atoms with Gasteiger partial charge in [-0.3, -0.25) is 4.79 Å². The molecule has 0 saturated carbocycles. The second kappa shape index (κ2) is 7.19. The number of carbonyl (C=O) groups is 1. The number of halogens is 3. The fourth-order valence-electron chi connectivity index (χ4n) is 0.718. The van der Waals surface area contributed by atoms with E-state index in [2.05, 4.69) is 23.2 Å². The van der Waals surface area contributed by atoms with Crippen molar-refractivity contribution < 1.29 is 4.79 Å². The van der Waals surface area contributed by atoms with E-state index in [0.29, 0.717) is 0 Å². The fraction of sp³-hybridized carbons (Fsp3) is 0.222. The lowest BCUT2D eigenvalue weighted by atomic mass is 10.2. The third-order valence-corrected chi connectivity index (χ3v) is 1.51. The summed E-state index contributed by atoms with van der Waals surface area (Å²) in [5.41, 5.74) is 1.18. The van der Waals surface area contributed by atoms with E-state index in [9.17, 15) is 0 Å². The Morgan fingerprint density at radius 2 is 1.62 bits per heavy atom. The summed E-state index contributed by atoms with van der Waals surface area (Å²) >= 11 is 14.6. The first-order chi connectivity index (χ1) is 6.04. The van der Waals surface area contributed by atoms with Crippen LogP contribution in [0.2, 0.25) is 0 Å². The first-order valence-corrected chi connectivity index (χ1v) is 4.77. The van der Waals surface area contributed by atoms with Crippen LogP contribution in [0.15, 0.2) is 30.3 Å². The number of alkyl halides is 1. The molecule has 0 bridgehead atoms. The maximum Gasteiger partial charge on any atom is 0.313 e. The van der Waals surface area contributed by atoms with Crippen LogP contribution >= 0.6 is 34.8 Å². The van der Waals surface area contributed by atoms with Crippen molar-refractivity contribution in [3.8, 4) is 0 Å². The standard InChI is InChI=1S/C8H9Cl.CCl2O/c1-7(9)8-5-3-2-4-6-8;2-1(3)4/h2-7H,1H3;. The summed E-state index contributed by atoms with van der Waals surface area (Å²) in [6, 6.07) is 10.0. The van der Waals surface area contributed by atoms with Crippen molar-refractivity contribution in [2.24, 2.45) is 0 Å². The molecular formula is C9H9Cl3O. The third-order valence-electron chi connectivity index (χ3n) is 1.26. The van der Waals surface area contributed by atoms with Gasteiger partial charge in [-0.25, -0.2) is 0 Å². The molecule has 0 aliphatic rings. The molecule has 0 aliphatic heterocycles. The van der Waals surface area contributed by atoms with Crippen molar-refractivity contribution in [1.29, 1.82) is 0 Å². The average Bonchev–Trinajstić information content (AvgIpc) is 2.05. The molecule has 1 nitrogen and oxygen atoms in total. The van der Waals surface area contributed by atoms with Gasteiger partial charge in [-0.2, -0.15) is 0 Å². The molecule has 4 heteroatoms. The number of rotatable bonds is 1. The first kappa shape index (κ1) is 12.8. The quantitative estimate of drug-likeness (QED) is 0.518. The van der Waals surface area contributed by atoms with Gasteiger partial charge in [-0.1, -0.05) is 30.3 Å². The Hall–Kier alpha value is -0.240. The van der Waals surface area contributed by atoms with E-state index in [1.807, 2.05) is 37.3 Å². The zero-order valence-corrected chi connectivity index (χ0v) is 9.27. The zero-order chi connectivity index (χ0) is 10.3. The van der Waals surface area contributed by atoms with Crippen LogP contribution in [0.1, 0.15) is 17.9 Å². The van der Waals surface area contributed by atoms with Crippen molar-refractivity contribution in [3.63, 3.8) is 0 Å². The van der Waals surface area contributed by atoms with Gasteiger partial charge in [0.2, 0.25) is 0 Å². The summed E-state index contributed by atoms with van der Waals surface area (Å²) in [6.45, 7) is 1.97. The molecule has 0 N–H and O–H groups in total.